The summed E-state index contributed by atoms with van der Waals surface area (Å²) >= 11 is 5.44. The van der Waals surface area contributed by atoms with Gasteiger partial charge >= 0.3 is 0 Å². The zero-order valence-corrected chi connectivity index (χ0v) is 8.15. The molecule has 0 aromatic heterocycles. The number of aliphatic hydroxyl groups is 1. The van der Waals surface area contributed by atoms with E-state index < -0.39 is 23.5 Å². The second-order valence-corrected chi connectivity index (χ2v) is 3.45. The van der Waals surface area contributed by atoms with Crippen LogP contribution >= 0.6 is 11.6 Å². The minimum Gasteiger partial charge on any atom is -0.504 e. The summed E-state index contributed by atoms with van der Waals surface area (Å²) < 4.78 is 26.0. The third-order valence-corrected chi connectivity index (χ3v) is 2.01. The molecule has 0 fully saturated rings. The third kappa shape index (κ3) is 2.13. The molecule has 2 N–H and O–H groups in total. The van der Waals surface area contributed by atoms with E-state index in [0.717, 1.165) is 6.07 Å². The van der Waals surface area contributed by atoms with Crippen molar-refractivity contribution in [3.8, 4) is 5.75 Å². The Hall–Kier alpha value is -0.870. The van der Waals surface area contributed by atoms with E-state index in [1.165, 1.54) is 6.92 Å². The van der Waals surface area contributed by atoms with Crippen LogP contribution in [-0.2, 0) is 6.42 Å². The van der Waals surface area contributed by atoms with E-state index in [1.807, 2.05) is 0 Å². The number of hydrogen-bond donors (Lipinski definition) is 2. The maximum atomic E-state index is 13.1. The molecule has 0 aliphatic rings. The van der Waals surface area contributed by atoms with Gasteiger partial charge in [-0.1, -0.05) is 11.6 Å². The highest BCUT2D eigenvalue weighted by molar-refractivity contribution is 6.32. The van der Waals surface area contributed by atoms with Crippen LogP contribution in [0.4, 0.5) is 8.78 Å². The Morgan fingerprint density at radius 2 is 2.00 bits per heavy atom. The monoisotopic (exact) mass is 222 g/mol. The summed E-state index contributed by atoms with van der Waals surface area (Å²) in [5.41, 5.74) is -0.0553. The fourth-order valence-corrected chi connectivity index (χ4v) is 1.32. The van der Waals surface area contributed by atoms with E-state index in [4.69, 9.17) is 21.8 Å². The third-order valence-electron chi connectivity index (χ3n) is 1.73. The van der Waals surface area contributed by atoms with Crippen molar-refractivity contribution in [1.82, 2.24) is 0 Å². The number of halogens is 3. The number of rotatable bonds is 2. The molecule has 5 heteroatoms. The highest BCUT2D eigenvalue weighted by Gasteiger charge is 2.17. The fourth-order valence-electron chi connectivity index (χ4n) is 1.10. The zero-order valence-electron chi connectivity index (χ0n) is 7.39. The van der Waals surface area contributed by atoms with Crippen LogP contribution in [0.5, 0.6) is 5.75 Å². The molecule has 78 valence electrons. The zero-order chi connectivity index (χ0) is 10.9. The van der Waals surface area contributed by atoms with Gasteiger partial charge in [0.15, 0.2) is 11.6 Å². The summed E-state index contributed by atoms with van der Waals surface area (Å²) in [7, 11) is 0. The van der Waals surface area contributed by atoms with Gasteiger partial charge < -0.3 is 10.2 Å². The SMILES string of the molecule is CC(O)Cc1cc(Cl)c(O)c(F)c1F. The van der Waals surface area contributed by atoms with E-state index in [9.17, 15) is 8.78 Å². The van der Waals surface area contributed by atoms with Gasteiger partial charge in [0.2, 0.25) is 5.82 Å². The van der Waals surface area contributed by atoms with Crippen molar-refractivity contribution in [2.75, 3.05) is 0 Å². The van der Waals surface area contributed by atoms with Gasteiger partial charge in [-0.2, -0.15) is 4.39 Å². The van der Waals surface area contributed by atoms with Crippen molar-refractivity contribution < 1.29 is 19.0 Å². The predicted octanol–water partition coefficient (Wildman–Crippen LogP) is 2.25. The van der Waals surface area contributed by atoms with Crippen molar-refractivity contribution in [1.29, 1.82) is 0 Å². The Morgan fingerprint density at radius 3 is 2.50 bits per heavy atom. The standard InChI is InChI=1S/C9H9ClF2O2/c1-4(13)2-5-3-6(10)9(14)8(12)7(5)11/h3-4,13-14H,2H2,1H3. The highest BCUT2D eigenvalue weighted by Crippen LogP contribution is 2.30. The molecule has 1 rings (SSSR count). The van der Waals surface area contributed by atoms with Crippen LogP contribution in [0.3, 0.4) is 0 Å². The molecule has 0 aliphatic carbocycles. The van der Waals surface area contributed by atoms with Crippen molar-refractivity contribution in [2.24, 2.45) is 0 Å². The Bertz CT molecular complexity index is 353. The first kappa shape index (κ1) is 11.2. The summed E-state index contributed by atoms with van der Waals surface area (Å²) in [5.74, 6) is -3.46. The molecule has 1 atom stereocenters. The molecule has 0 heterocycles. The second-order valence-electron chi connectivity index (χ2n) is 3.05. The largest absolute Gasteiger partial charge is 0.504 e. The molecule has 0 aliphatic heterocycles. The van der Waals surface area contributed by atoms with Crippen molar-refractivity contribution >= 4 is 11.6 Å². The lowest BCUT2D eigenvalue weighted by atomic mass is 10.1. The van der Waals surface area contributed by atoms with Crippen LogP contribution in [0.2, 0.25) is 5.02 Å². The van der Waals surface area contributed by atoms with E-state index in [1.54, 1.807) is 0 Å². The van der Waals surface area contributed by atoms with Crippen molar-refractivity contribution in [2.45, 2.75) is 19.4 Å². The molecule has 0 saturated heterocycles. The van der Waals surface area contributed by atoms with Gasteiger partial charge in [-0.15, -0.1) is 0 Å². The van der Waals surface area contributed by atoms with Gasteiger partial charge in [-0.25, -0.2) is 4.39 Å². The molecule has 0 radical (unpaired) electrons. The van der Waals surface area contributed by atoms with Crippen LogP contribution in [0.15, 0.2) is 6.07 Å². The number of aromatic hydroxyl groups is 1. The second kappa shape index (κ2) is 4.11. The Balaban J connectivity index is 3.19. The van der Waals surface area contributed by atoms with Crippen LogP contribution < -0.4 is 0 Å². The molecule has 0 saturated carbocycles. The van der Waals surface area contributed by atoms with E-state index in [0.29, 0.717) is 0 Å². The molecular weight excluding hydrogens is 214 g/mol. The maximum absolute atomic E-state index is 13.1. The molecule has 2 nitrogen and oxygen atoms in total. The number of benzene rings is 1. The topological polar surface area (TPSA) is 40.5 Å². The first-order chi connectivity index (χ1) is 6.43. The average Bonchev–Trinajstić information content (AvgIpc) is 2.10. The first-order valence-electron chi connectivity index (χ1n) is 3.97. The van der Waals surface area contributed by atoms with E-state index in [-0.39, 0.29) is 17.0 Å². The Morgan fingerprint density at radius 1 is 1.43 bits per heavy atom. The Labute approximate surface area is 84.7 Å². The van der Waals surface area contributed by atoms with Gasteiger partial charge in [0.1, 0.15) is 0 Å². The lowest BCUT2D eigenvalue weighted by Crippen LogP contribution is -2.07. The van der Waals surface area contributed by atoms with Gasteiger partial charge in [0.05, 0.1) is 11.1 Å². The van der Waals surface area contributed by atoms with Gasteiger partial charge in [-0.05, 0) is 18.6 Å². The lowest BCUT2D eigenvalue weighted by Gasteiger charge is -2.08. The van der Waals surface area contributed by atoms with Gasteiger partial charge in [0.25, 0.3) is 0 Å². The maximum Gasteiger partial charge on any atom is 0.202 e. The number of phenols is 1. The quantitative estimate of drug-likeness (QED) is 0.754. The minimum atomic E-state index is -1.38. The number of phenolic OH excluding ortho intramolecular Hbond substituents is 1. The number of aliphatic hydroxyl groups excluding tert-OH is 1. The molecule has 1 aromatic rings. The Kier molecular flexibility index (Phi) is 3.29. The van der Waals surface area contributed by atoms with Crippen LogP contribution in [0, 0.1) is 11.6 Å². The number of hydrogen-bond acceptors (Lipinski definition) is 2. The normalized spacial score (nSPS) is 12.9. The summed E-state index contributed by atoms with van der Waals surface area (Å²) in [6, 6.07) is 1.10. The van der Waals surface area contributed by atoms with Crippen molar-refractivity contribution in [3.63, 3.8) is 0 Å². The van der Waals surface area contributed by atoms with Crippen LogP contribution in [-0.4, -0.2) is 16.3 Å². The molecule has 0 spiro atoms. The van der Waals surface area contributed by atoms with E-state index in [2.05, 4.69) is 0 Å². The van der Waals surface area contributed by atoms with Gasteiger partial charge in [0, 0.05) is 6.42 Å². The summed E-state index contributed by atoms with van der Waals surface area (Å²) in [5, 5.41) is 17.7. The molecule has 1 unspecified atom stereocenters. The molecule has 1 aromatic carbocycles. The molecule has 0 amide bonds. The van der Waals surface area contributed by atoms with E-state index >= 15 is 0 Å². The summed E-state index contributed by atoms with van der Waals surface area (Å²) in [6.07, 6.45) is -0.854. The molecule has 14 heavy (non-hydrogen) atoms. The van der Waals surface area contributed by atoms with Crippen molar-refractivity contribution in [3.05, 3.63) is 28.3 Å². The van der Waals surface area contributed by atoms with Gasteiger partial charge in [-0.3, -0.25) is 0 Å². The summed E-state index contributed by atoms with van der Waals surface area (Å²) in [6.45, 7) is 1.44. The predicted molar refractivity (Wildman–Crippen MR) is 48.4 cm³/mol. The van der Waals surface area contributed by atoms with Crippen LogP contribution in [0.1, 0.15) is 12.5 Å². The average molecular weight is 223 g/mol. The lowest BCUT2D eigenvalue weighted by molar-refractivity contribution is 0.193. The molecular formula is C9H9ClF2O2. The summed E-state index contributed by atoms with van der Waals surface area (Å²) in [4.78, 5) is 0. The van der Waals surface area contributed by atoms with Crippen LogP contribution in [0.25, 0.3) is 0 Å². The fraction of sp³-hybridized carbons (Fsp3) is 0.333. The molecule has 0 bridgehead atoms. The first-order valence-corrected chi connectivity index (χ1v) is 4.34. The highest BCUT2D eigenvalue weighted by atomic mass is 35.5. The smallest absolute Gasteiger partial charge is 0.202 e. The minimum absolute atomic E-state index is 0.0528.